The van der Waals surface area contributed by atoms with Crippen LogP contribution in [-0.4, -0.2) is 46.1 Å². The van der Waals surface area contributed by atoms with E-state index in [4.69, 9.17) is 4.74 Å². The third kappa shape index (κ3) is 5.16. The van der Waals surface area contributed by atoms with Crippen molar-refractivity contribution < 1.29 is 14.6 Å². The van der Waals surface area contributed by atoms with Gasteiger partial charge in [0.05, 0.1) is 17.4 Å². The topological polar surface area (TPSA) is 49.8 Å². The van der Waals surface area contributed by atoms with E-state index in [1.165, 1.54) is 16.7 Å². The summed E-state index contributed by atoms with van der Waals surface area (Å²) in [4.78, 5) is 14.6. The first-order valence-corrected chi connectivity index (χ1v) is 12.7. The highest BCUT2D eigenvalue weighted by Crippen LogP contribution is 2.52. The van der Waals surface area contributed by atoms with Crippen molar-refractivity contribution in [1.29, 1.82) is 0 Å². The highest BCUT2D eigenvalue weighted by atomic mass is 32.2. The largest absolute Gasteiger partial charge is 0.444 e. The van der Waals surface area contributed by atoms with Gasteiger partial charge < -0.3 is 14.7 Å². The van der Waals surface area contributed by atoms with E-state index in [0.717, 1.165) is 0 Å². The summed E-state index contributed by atoms with van der Waals surface area (Å²) in [5.74, 6) is 0. The number of benzene rings is 3. The van der Waals surface area contributed by atoms with Gasteiger partial charge in [-0.25, -0.2) is 4.79 Å². The number of aliphatic hydroxyl groups excluding tert-OH is 1. The number of carbonyl (C=O) groups is 1. The highest BCUT2D eigenvalue weighted by molar-refractivity contribution is 8.01. The number of carbonyl (C=O) groups excluding carboxylic acids is 1. The molecule has 1 aliphatic heterocycles. The van der Waals surface area contributed by atoms with E-state index in [0.29, 0.717) is 13.0 Å². The number of thioether (sulfide) groups is 1. The van der Waals surface area contributed by atoms with Crippen LogP contribution in [0.1, 0.15) is 43.9 Å². The zero-order valence-electron chi connectivity index (χ0n) is 20.1. The van der Waals surface area contributed by atoms with Gasteiger partial charge in [0.2, 0.25) is 0 Å². The summed E-state index contributed by atoms with van der Waals surface area (Å²) < 4.78 is 5.19. The first-order chi connectivity index (χ1) is 16.3. The Kier molecular flexibility index (Phi) is 7.34. The van der Waals surface area contributed by atoms with Gasteiger partial charge in [-0.2, -0.15) is 0 Å². The molecule has 1 saturated heterocycles. The van der Waals surface area contributed by atoms with Crippen LogP contribution in [0.25, 0.3) is 0 Å². The summed E-state index contributed by atoms with van der Waals surface area (Å²) in [6, 6.07) is 31.4. The fourth-order valence-electron chi connectivity index (χ4n) is 4.65. The zero-order valence-corrected chi connectivity index (χ0v) is 20.9. The van der Waals surface area contributed by atoms with Gasteiger partial charge in [0.25, 0.3) is 0 Å². The summed E-state index contributed by atoms with van der Waals surface area (Å²) in [6.45, 7) is 6.05. The molecule has 3 aromatic carbocycles. The molecule has 1 aliphatic rings. The molecule has 2 atom stereocenters. The zero-order chi connectivity index (χ0) is 24.2. The lowest BCUT2D eigenvalue weighted by Gasteiger charge is -2.37. The van der Waals surface area contributed by atoms with Crippen molar-refractivity contribution in [3.8, 4) is 0 Å². The Bertz CT molecular complexity index is 970. The minimum atomic E-state index is -0.579. The van der Waals surface area contributed by atoms with Crippen LogP contribution in [0.2, 0.25) is 0 Å². The second kappa shape index (κ2) is 10.2. The van der Waals surface area contributed by atoms with E-state index in [2.05, 4.69) is 72.8 Å². The van der Waals surface area contributed by atoms with Crippen molar-refractivity contribution in [1.82, 2.24) is 4.90 Å². The molecule has 4 rings (SSSR count). The maximum Gasteiger partial charge on any atom is 0.410 e. The van der Waals surface area contributed by atoms with Crippen LogP contribution in [-0.2, 0) is 9.48 Å². The predicted octanol–water partition coefficient (Wildman–Crippen LogP) is 6.08. The number of hydrogen-bond donors (Lipinski definition) is 1. The fourth-order valence-corrected chi connectivity index (χ4v) is 6.52. The lowest BCUT2D eigenvalue weighted by Crippen LogP contribution is -2.41. The summed E-state index contributed by atoms with van der Waals surface area (Å²) in [6.07, 6.45) is 0.341. The van der Waals surface area contributed by atoms with Gasteiger partial charge in [-0.1, -0.05) is 91.0 Å². The lowest BCUT2D eigenvalue weighted by molar-refractivity contribution is 0.0176. The van der Waals surface area contributed by atoms with E-state index >= 15 is 0 Å². The number of aliphatic hydroxyl groups is 1. The predicted molar refractivity (Wildman–Crippen MR) is 139 cm³/mol. The number of amides is 1. The second-order valence-corrected chi connectivity index (χ2v) is 11.2. The Morgan fingerprint density at radius 2 is 1.32 bits per heavy atom. The molecule has 1 fully saturated rings. The van der Waals surface area contributed by atoms with Crippen LogP contribution in [0.4, 0.5) is 4.79 Å². The van der Waals surface area contributed by atoms with Gasteiger partial charge in [0.1, 0.15) is 5.60 Å². The molecule has 4 nitrogen and oxygen atoms in total. The van der Waals surface area contributed by atoms with E-state index < -0.39 is 10.3 Å². The molecule has 1 amide bonds. The number of hydrogen-bond acceptors (Lipinski definition) is 4. The average molecular weight is 476 g/mol. The van der Waals surface area contributed by atoms with Crippen LogP contribution >= 0.6 is 11.8 Å². The molecule has 0 bridgehead atoms. The molecule has 1 heterocycles. The Morgan fingerprint density at radius 1 is 0.882 bits per heavy atom. The number of ether oxygens (including phenoxy) is 1. The molecular formula is C29H33NO3S. The maximum absolute atomic E-state index is 12.9. The molecule has 3 aromatic rings. The first kappa shape index (κ1) is 24.4. The summed E-state index contributed by atoms with van der Waals surface area (Å²) in [5.41, 5.74) is 2.99. The molecule has 0 unspecified atom stereocenters. The van der Waals surface area contributed by atoms with Crippen LogP contribution in [0.3, 0.4) is 0 Å². The van der Waals surface area contributed by atoms with Gasteiger partial charge in [-0.05, 0) is 43.9 Å². The van der Waals surface area contributed by atoms with E-state index in [1.807, 2.05) is 50.7 Å². The molecule has 0 aliphatic carbocycles. The van der Waals surface area contributed by atoms with Crippen molar-refractivity contribution in [3.05, 3.63) is 108 Å². The standard InChI is InChI=1S/C29H33NO3S/c1-28(2,3)33-27(32)30-20-26(19-25(30)21-31)34-29(22-13-7-4-8-14-22,23-15-9-5-10-16-23)24-17-11-6-12-18-24/h4-18,25-26,31H,19-21H2,1-3H3/t25-,26-/m1/s1. The molecule has 34 heavy (non-hydrogen) atoms. The van der Waals surface area contributed by atoms with Gasteiger partial charge in [-0.3, -0.25) is 0 Å². The molecule has 5 heteroatoms. The van der Waals surface area contributed by atoms with Gasteiger partial charge in [0.15, 0.2) is 0 Å². The van der Waals surface area contributed by atoms with Crippen molar-refractivity contribution in [2.24, 2.45) is 0 Å². The average Bonchev–Trinajstić information content (AvgIpc) is 3.26. The van der Waals surface area contributed by atoms with E-state index in [9.17, 15) is 9.90 Å². The molecule has 0 spiro atoms. The molecule has 1 N–H and O–H groups in total. The minimum absolute atomic E-state index is 0.0781. The van der Waals surface area contributed by atoms with Gasteiger partial charge >= 0.3 is 6.09 Å². The molecular weight excluding hydrogens is 442 g/mol. The van der Waals surface area contributed by atoms with Crippen LogP contribution in [0.15, 0.2) is 91.0 Å². The van der Waals surface area contributed by atoms with Crippen molar-refractivity contribution in [3.63, 3.8) is 0 Å². The van der Waals surface area contributed by atoms with Crippen LogP contribution in [0.5, 0.6) is 0 Å². The van der Waals surface area contributed by atoms with Crippen molar-refractivity contribution >= 4 is 17.9 Å². The van der Waals surface area contributed by atoms with Crippen molar-refractivity contribution in [2.45, 2.75) is 48.8 Å². The quantitative estimate of drug-likeness (QED) is 0.439. The first-order valence-electron chi connectivity index (χ1n) is 11.8. The molecule has 0 saturated carbocycles. The van der Waals surface area contributed by atoms with Crippen molar-refractivity contribution in [2.75, 3.05) is 13.2 Å². The van der Waals surface area contributed by atoms with Gasteiger partial charge in [0, 0.05) is 11.8 Å². The minimum Gasteiger partial charge on any atom is -0.444 e. The maximum atomic E-state index is 12.9. The Balaban J connectivity index is 1.76. The third-order valence-electron chi connectivity index (χ3n) is 6.10. The number of nitrogens with zero attached hydrogens (tertiary/aromatic N) is 1. The normalized spacial score (nSPS) is 18.6. The summed E-state index contributed by atoms with van der Waals surface area (Å²) in [7, 11) is 0. The molecule has 178 valence electrons. The monoisotopic (exact) mass is 475 g/mol. The van der Waals surface area contributed by atoms with E-state index in [-0.39, 0.29) is 24.0 Å². The number of likely N-dealkylation sites (tertiary alicyclic amines) is 1. The SMILES string of the molecule is CC(C)(C)OC(=O)N1C[C@H](SC(c2ccccc2)(c2ccccc2)c2ccccc2)C[C@@H]1CO. The second-order valence-electron chi connectivity index (χ2n) is 9.72. The van der Waals surface area contributed by atoms with E-state index in [1.54, 1.807) is 4.90 Å². The molecule has 0 radical (unpaired) electrons. The Hall–Kier alpha value is -2.76. The third-order valence-corrected chi connectivity index (χ3v) is 7.83. The highest BCUT2D eigenvalue weighted by Gasteiger charge is 2.44. The lowest BCUT2D eigenvalue weighted by atomic mass is 9.84. The fraction of sp³-hybridized carbons (Fsp3) is 0.345. The Morgan fingerprint density at radius 3 is 1.71 bits per heavy atom. The smallest absolute Gasteiger partial charge is 0.410 e. The van der Waals surface area contributed by atoms with Gasteiger partial charge in [-0.15, -0.1) is 11.8 Å². The Labute approximate surface area is 207 Å². The molecule has 0 aromatic heterocycles. The summed E-state index contributed by atoms with van der Waals surface area (Å²) >= 11 is 1.86. The van der Waals surface area contributed by atoms with Crippen LogP contribution < -0.4 is 0 Å². The van der Waals surface area contributed by atoms with Crippen LogP contribution in [0, 0.1) is 0 Å². The number of rotatable bonds is 6. The summed E-state index contributed by atoms with van der Waals surface area (Å²) in [5, 5.41) is 10.2.